The van der Waals surface area contributed by atoms with Gasteiger partial charge in [-0.1, -0.05) is 61.8 Å². The molecule has 34 heavy (non-hydrogen) atoms. The topological polar surface area (TPSA) is 3.24 Å². The van der Waals surface area contributed by atoms with Crippen molar-refractivity contribution in [3.8, 4) is 0 Å². The Balaban J connectivity index is 1.37. The first kappa shape index (κ1) is 18.8. The van der Waals surface area contributed by atoms with Gasteiger partial charge in [0.2, 0.25) is 6.71 Å². The fraction of sp³-hybridized carbons (Fsp3) is 0.438. The molecule has 2 heterocycles. The van der Waals surface area contributed by atoms with Crippen LogP contribution < -0.4 is 21.3 Å². The van der Waals surface area contributed by atoms with Gasteiger partial charge in [0.05, 0.1) is 0 Å². The Labute approximate surface area is 203 Å². The second kappa shape index (κ2) is 5.84. The summed E-state index contributed by atoms with van der Waals surface area (Å²) >= 11 is 0. The molecule has 5 aliphatic carbocycles. The van der Waals surface area contributed by atoms with Crippen molar-refractivity contribution in [3.05, 3.63) is 76.9 Å². The maximum absolute atomic E-state index is 2.94. The molecule has 0 aromatic heterocycles. The van der Waals surface area contributed by atoms with Gasteiger partial charge in [-0.2, -0.15) is 0 Å². The van der Waals surface area contributed by atoms with Gasteiger partial charge >= 0.3 is 0 Å². The number of benzene rings is 3. The highest BCUT2D eigenvalue weighted by molar-refractivity contribution is 6.99. The fourth-order valence-electron chi connectivity index (χ4n) is 9.90. The zero-order valence-corrected chi connectivity index (χ0v) is 20.4. The Bertz CT molecular complexity index is 1400. The first-order valence-corrected chi connectivity index (χ1v) is 13.7. The first-order chi connectivity index (χ1) is 16.5. The van der Waals surface area contributed by atoms with E-state index in [9.17, 15) is 0 Å². The predicted octanol–water partition coefficient (Wildman–Crippen LogP) is 4.97. The van der Waals surface area contributed by atoms with Crippen LogP contribution in [0.4, 0.5) is 11.4 Å². The SMILES string of the molecule is CC1(C)c2ccccc2B2c3cc4c(cc3N(C35CC6CC(C3)C(C6)C5)c3cccc1c32)CC4. The second-order valence-electron chi connectivity index (χ2n) is 13.1. The second-order valence-corrected chi connectivity index (χ2v) is 13.1. The summed E-state index contributed by atoms with van der Waals surface area (Å²) in [6.45, 7) is 5.28. The molecule has 168 valence electrons. The standard InChI is InChI=1S/C32H32BN/c1-31(2)24-6-3-4-8-26(24)33-27-14-20-10-11-21(20)15-29(27)34(28-9-5-7-25(31)30(28)33)32-16-19-12-22(17-32)23(13-19)18-32/h3-9,14-15,19,22-23H,10-13,16-18H2,1-2H3. The van der Waals surface area contributed by atoms with Gasteiger partial charge in [-0.25, -0.2) is 0 Å². The van der Waals surface area contributed by atoms with Crippen molar-refractivity contribution >= 4 is 34.5 Å². The third-order valence-electron chi connectivity index (χ3n) is 11.2. The number of aryl methyl sites for hydroxylation is 2. The summed E-state index contributed by atoms with van der Waals surface area (Å²) in [5, 5.41) is 0. The highest BCUT2D eigenvalue weighted by atomic mass is 15.2. The van der Waals surface area contributed by atoms with E-state index >= 15 is 0 Å². The molecular formula is C32H32BN. The summed E-state index contributed by atoms with van der Waals surface area (Å²) in [5.74, 6) is 2.91. The minimum Gasteiger partial charge on any atom is -0.336 e. The Morgan fingerprint density at radius 3 is 2.26 bits per heavy atom. The van der Waals surface area contributed by atoms with Gasteiger partial charge < -0.3 is 4.90 Å². The van der Waals surface area contributed by atoms with Crippen LogP contribution in [-0.2, 0) is 18.3 Å². The lowest BCUT2D eigenvalue weighted by Crippen LogP contribution is -2.67. The third kappa shape index (κ3) is 2.04. The largest absolute Gasteiger partial charge is 0.336 e. The molecule has 3 aromatic carbocycles. The maximum Gasteiger partial charge on any atom is 0.247 e. The van der Waals surface area contributed by atoms with Crippen molar-refractivity contribution in [1.82, 2.24) is 0 Å². The highest BCUT2D eigenvalue weighted by Gasteiger charge is 2.60. The van der Waals surface area contributed by atoms with Gasteiger partial charge in [-0.05, 0) is 108 Å². The van der Waals surface area contributed by atoms with Crippen LogP contribution in [0.15, 0.2) is 54.6 Å². The molecule has 2 unspecified atom stereocenters. The smallest absolute Gasteiger partial charge is 0.247 e. The minimum atomic E-state index is 0.0338. The van der Waals surface area contributed by atoms with Crippen LogP contribution in [0.3, 0.4) is 0 Å². The molecule has 0 amide bonds. The van der Waals surface area contributed by atoms with Gasteiger partial charge in [0.1, 0.15) is 0 Å². The van der Waals surface area contributed by atoms with Crippen molar-refractivity contribution in [2.45, 2.75) is 69.7 Å². The Morgan fingerprint density at radius 2 is 1.50 bits per heavy atom. The molecular weight excluding hydrogens is 409 g/mol. The highest BCUT2D eigenvalue weighted by Crippen LogP contribution is 2.64. The normalized spacial score (nSPS) is 32.1. The summed E-state index contributed by atoms with van der Waals surface area (Å²) in [4.78, 5) is 2.94. The molecule has 10 rings (SSSR count). The van der Waals surface area contributed by atoms with E-state index in [-0.39, 0.29) is 5.41 Å². The molecule has 4 fully saturated rings. The van der Waals surface area contributed by atoms with Gasteiger partial charge in [-0.15, -0.1) is 0 Å². The quantitative estimate of drug-likeness (QED) is 0.482. The molecule has 0 radical (unpaired) electrons. The summed E-state index contributed by atoms with van der Waals surface area (Å²) in [6.07, 6.45) is 9.77. The van der Waals surface area contributed by atoms with E-state index in [1.165, 1.54) is 50.5 Å². The molecule has 7 aliphatic rings. The lowest BCUT2D eigenvalue weighted by molar-refractivity contribution is 0.232. The number of anilines is 2. The molecule has 2 heteroatoms. The molecule has 4 saturated carbocycles. The molecule has 0 N–H and O–H groups in total. The van der Waals surface area contributed by atoms with Gasteiger partial charge in [0, 0.05) is 22.3 Å². The monoisotopic (exact) mass is 441 g/mol. The van der Waals surface area contributed by atoms with Crippen LogP contribution in [-0.4, -0.2) is 12.3 Å². The van der Waals surface area contributed by atoms with E-state index in [1.807, 2.05) is 0 Å². The van der Waals surface area contributed by atoms with E-state index in [1.54, 1.807) is 44.5 Å². The van der Waals surface area contributed by atoms with Crippen LogP contribution in [0.1, 0.15) is 68.2 Å². The average Bonchev–Trinajstić information content (AvgIpc) is 3.24. The third-order valence-corrected chi connectivity index (χ3v) is 11.2. The van der Waals surface area contributed by atoms with E-state index in [2.05, 4.69) is 73.3 Å². The molecule has 2 aliphatic heterocycles. The molecule has 4 bridgehead atoms. The number of rotatable bonds is 1. The minimum absolute atomic E-state index is 0.0338. The van der Waals surface area contributed by atoms with Crippen molar-refractivity contribution in [2.75, 3.05) is 4.90 Å². The molecule has 3 aromatic rings. The summed E-state index contributed by atoms with van der Waals surface area (Å²) in [6, 6.07) is 21.9. The summed E-state index contributed by atoms with van der Waals surface area (Å²) in [5.41, 5.74) is 14.5. The van der Waals surface area contributed by atoms with Crippen LogP contribution in [0.5, 0.6) is 0 Å². The van der Waals surface area contributed by atoms with Crippen molar-refractivity contribution in [3.63, 3.8) is 0 Å². The van der Waals surface area contributed by atoms with E-state index < -0.39 is 0 Å². The molecule has 2 atom stereocenters. The zero-order valence-electron chi connectivity index (χ0n) is 20.4. The van der Waals surface area contributed by atoms with Crippen molar-refractivity contribution in [2.24, 2.45) is 17.8 Å². The van der Waals surface area contributed by atoms with Gasteiger partial charge in [-0.3, -0.25) is 0 Å². The fourth-order valence-corrected chi connectivity index (χ4v) is 9.90. The van der Waals surface area contributed by atoms with Gasteiger partial charge in [0.15, 0.2) is 0 Å². The lowest BCUT2D eigenvalue weighted by Gasteiger charge is -2.54. The number of fused-ring (bicyclic) bond motifs is 5. The lowest BCUT2D eigenvalue weighted by atomic mass is 9.30. The van der Waals surface area contributed by atoms with E-state index in [4.69, 9.17) is 0 Å². The summed E-state index contributed by atoms with van der Waals surface area (Å²) in [7, 11) is 0. The Hall–Kier alpha value is -2.48. The van der Waals surface area contributed by atoms with E-state index in [0.717, 1.165) is 17.8 Å². The molecule has 1 nitrogen and oxygen atoms in total. The zero-order chi connectivity index (χ0) is 22.4. The first-order valence-electron chi connectivity index (χ1n) is 13.7. The number of nitrogens with zero attached hydrogens (tertiary/aromatic N) is 1. The average molecular weight is 441 g/mol. The van der Waals surface area contributed by atoms with Crippen LogP contribution in [0, 0.1) is 17.8 Å². The molecule has 0 spiro atoms. The molecule has 0 saturated heterocycles. The number of hydrogen-bond acceptors (Lipinski definition) is 1. The van der Waals surface area contributed by atoms with Gasteiger partial charge in [0.25, 0.3) is 0 Å². The van der Waals surface area contributed by atoms with Crippen LogP contribution in [0.2, 0.25) is 0 Å². The Kier molecular flexibility index (Phi) is 3.23. The van der Waals surface area contributed by atoms with Crippen LogP contribution in [0.25, 0.3) is 0 Å². The number of hydrogen-bond donors (Lipinski definition) is 0. The predicted molar refractivity (Wildman–Crippen MR) is 142 cm³/mol. The van der Waals surface area contributed by atoms with Crippen LogP contribution >= 0.6 is 0 Å². The maximum atomic E-state index is 2.94. The summed E-state index contributed by atoms with van der Waals surface area (Å²) < 4.78 is 0. The Morgan fingerprint density at radius 1 is 0.765 bits per heavy atom. The van der Waals surface area contributed by atoms with Crippen molar-refractivity contribution in [1.29, 1.82) is 0 Å². The van der Waals surface area contributed by atoms with Crippen molar-refractivity contribution < 1.29 is 0 Å². The van der Waals surface area contributed by atoms with E-state index in [0.29, 0.717) is 12.3 Å².